The Bertz CT molecular complexity index is 1110. The zero-order valence-electron chi connectivity index (χ0n) is 14.8. The maximum absolute atomic E-state index is 12.8. The minimum Gasteiger partial charge on any atom is -0.372 e. The second-order valence-corrected chi connectivity index (χ2v) is 7.84. The molecule has 0 bridgehead atoms. The molecule has 0 saturated carbocycles. The standard InChI is InChI=1S/C19H19N5OS/c1-11-5-4-6-12(9-11)23-19(2,3)17(25)22-18-21-15-8-7-14-13(10-20-24-14)16(15)26-18/h4-10,23H,1-3H3,(H,20,24)(H,21,22,25). The highest BCUT2D eigenvalue weighted by Crippen LogP contribution is 2.32. The number of thiazole rings is 1. The minimum absolute atomic E-state index is 0.138. The molecule has 2 aromatic carbocycles. The van der Waals surface area contributed by atoms with Crippen molar-refractivity contribution < 1.29 is 4.79 Å². The van der Waals surface area contributed by atoms with Crippen LogP contribution in [-0.4, -0.2) is 26.6 Å². The molecule has 0 aliphatic carbocycles. The lowest BCUT2D eigenvalue weighted by atomic mass is 10.0. The summed E-state index contributed by atoms with van der Waals surface area (Å²) in [5.41, 5.74) is 3.08. The van der Waals surface area contributed by atoms with E-state index in [0.29, 0.717) is 5.13 Å². The average Bonchev–Trinajstić information content (AvgIpc) is 3.19. The van der Waals surface area contributed by atoms with Crippen LogP contribution >= 0.6 is 11.3 Å². The zero-order valence-corrected chi connectivity index (χ0v) is 15.6. The van der Waals surface area contributed by atoms with Crippen LogP contribution in [0.4, 0.5) is 10.8 Å². The summed E-state index contributed by atoms with van der Waals surface area (Å²) in [7, 11) is 0. The molecule has 4 rings (SSSR count). The fraction of sp³-hybridized carbons (Fsp3) is 0.211. The van der Waals surface area contributed by atoms with E-state index >= 15 is 0 Å². The molecule has 1 amide bonds. The summed E-state index contributed by atoms with van der Waals surface area (Å²) >= 11 is 1.45. The Morgan fingerprint density at radius 2 is 2.08 bits per heavy atom. The van der Waals surface area contributed by atoms with Crippen molar-refractivity contribution in [3.63, 3.8) is 0 Å². The van der Waals surface area contributed by atoms with Gasteiger partial charge in [0, 0.05) is 11.1 Å². The van der Waals surface area contributed by atoms with E-state index in [1.807, 2.05) is 57.2 Å². The molecule has 4 aromatic rings. The molecular formula is C19H19N5OS. The normalized spacial score (nSPS) is 11.8. The van der Waals surface area contributed by atoms with E-state index in [1.165, 1.54) is 11.3 Å². The molecule has 0 atom stereocenters. The Morgan fingerprint density at radius 1 is 1.23 bits per heavy atom. The number of rotatable bonds is 4. The first-order valence-corrected chi connectivity index (χ1v) is 9.13. The largest absolute Gasteiger partial charge is 0.372 e. The van der Waals surface area contributed by atoms with Crippen molar-refractivity contribution >= 4 is 49.2 Å². The van der Waals surface area contributed by atoms with Gasteiger partial charge in [-0.2, -0.15) is 5.10 Å². The lowest BCUT2D eigenvalue weighted by Gasteiger charge is -2.26. The number of nitrogens with zero attached hydrogens (tertiary/aromatic N) is 2. The first-order chi connectivity index (χ1) is 12.4. The van der Waals surface area contributed by atoms with Gasteiger partial charge >= 0.3 is 0 Å². The maximum Gasteiger partial charge on any atom is 0.251 e. The third kappa shape index (κ3) is 3.01. The van der Waals surface area contributed by atoms with Crippen LogP contribution in [0.3, 0.4) is 0 Å². The molecule has 0 fully saturated rings. The van der Waals surface area contributed by atoms with Crippen LogP contribution in [0.2, 0.25) is 0 Å². The molecule has 0 saturated heterocycles. The number of hydrogen-bond acceptors (Lipinski definition) is 5. The molecule has 0 unspecified atom stereocenters. The Morgan fingerprint density at radius 3 is 2.88 bits per heavy atom. The number of aromatic nitrogens is 3. The molecule has 0 spiro atoms. The molecular weight excluding hydrogens is 346 g/mol. The second-order valence-electron chi connectivity index (χ2n) is 6.84. The van der Waals surface area contributed by atoms with E-state index in [4.69, 9.17) is 0 Å². The van der Waals surface area contributed by atoms with Gasteiger partial charge in [0.05, 0.1) is 21.9 Å². The fourth-order valence-electron chi connectivity index (χ4n) is 2.85. The summed E-state index contributed by atoms with van der Waals surface area (Å²) in [6, 6.07) is 11.8. The maximum atomic E-state index is 12.8. The van der Waals surface area contributed by atoms with Crippen LogP contribution < -0.4 is 10.6 Å². The third-order valence-electron chi connectivity index (χ3n) is 4.24. The molecule has 0 aliphatic rings. The predicted octanol–water partition coefficient (Wildman–Crippen LogP) is 4.31. The Kier molecular flexibility index (Phi) is 3.88. The van der Waals surface area contributed by atoms with Gasteiger partial charge < -0.3 is 5.32 Å². The van der Waals surface area contributed by atoms with Crippen LogP contribution in [-0.2, 0) is 4.79 Å². The number of carbonyl (C=O) groups excluding carboxylic acids is 1. The van der Waals surface area contributed by atoms with E-state index in [9.17, 15) is 4.79 Å². The highest BCUT2D eigenvalue weighted by Gasteiger charge is 2.28. The lowest BCUT2D eigenvalue weighted by Crippen LogP contribution is -2.44. The van der Waals surface area contributed by atoms with Gasteiger partial charge in [-0.3, -0.25) is 15.2 Å². The number of amides is 1. The van der Waals surface area contributed by atoms with Crippen molar-refractivity contribution in [1.29, 1.82) is 0 Å². The quantitative estimate of drug-likeness (QED) is 0.503. The number of aryl methyl sites for hydroxylation is 1. The molecule has 2 aromatic heterocycles. The summed E-state index contributed by atoms with van der Waals surface area (Å²) < 4.78 is 1.01. The van der Waals surface area contributed by atoms with Gasteiger partial charge in [-0.05, 0) is 50.6 Å². The molecule has 0 aliphatic heterocycles. The number of benzene rings is 2. The number of hydrogen-bond donors (Lipinski definition) is 3. The third-order valence-corrected chi connectivity index (χ3v) is 5.26. The van der Waals surface area contributed by atoms with Gasteiger partial charge in [-0.15, -0.1) is 0 Å². The minimum atomic E-state index is -0.781. The topological polar surface area (TPSA) is 82.7 Å². The van der Waals surface area contributed by atoms with E-state index < -0.39 is 5.54 Å². The molecule has 3 N–H and O–H groups in total. The van der Waals surface area contributed by atoms with Gasteiger partial charge in [0.1, 0.15) is 5.54 Å². The summed E-state index contributed by atoms with van der Waals surface area (Å²) in [4.78, 5) is 17.3. The number of nitrogens with one attached hydrogen (secondary N) is 3. The van der Waals surface area contributed by atoms with Gasteiger partial charge in [-0.1, -0.05) is 23.5 Å². The summed E-state index contributed by atoms with van der Waals surface area (Å²) in [5, 5.41) is 14.8. The predicted molar refractivity (Wildman–Crippen MR) is 107 cm³/mol. The lowest BCUT2D eigenvalue weighted by molar-refractivity contribution is -0.119. The first kappa shape index (κ1) is 16.5. The van der Waals surface area contributed by atoms with Crippen LogP contribution in [0, 0.1) is 6.92 Å². The summed E-state index contributed by atoms with van der Waals surface area (Å²) in [6.45, 7) is 5.73. The van der Waals surface area contributed by atoms with Crippen LogP contribution in [0.25, 0.3) is 21.1 Å². The van der Waals surface area contributed by atoms with Crippen molar-refractivity contribution in [3.05, 3.63) is 48.2 Å². The van der Waals surface area contributed by atoms with Gasteiger partial charge in [0.15, 0.2) is 5.13 Å². The van der Waals surface area contributed by atoms with Gasteiger partial charge in [-0.25, -0.2) is 4.98 Å². The molecule has 132 valence electrons. The monoisotopic (exact) mass is 365 g/mol. The smallest absolute Gasteiger partial charge is 0.251 e. The highest BCUT2D eigenvalue weighted by molar-refractivity contribution is 7.23. The first-order valence-electron chi connectivity index (χ1n) is 8.31. The second kappa shape index (κ2) is 6.10. The number of anilines is 2. The number of carbonyl (C=O) groups is 1. The highest BCUT2D eigenvalue weighted by atomic mass is 32.1. The van der Waals surface area contributed by atoms with Crippen molar-refractivity contribution in [1.82, 2.24) is 15.2 Å². The van der Waals surface area contributed by atoms with Gasteiger partial charge in [0.25, 0.3) is 5.91 Å². The fourth-order valence-corrected chi connectivity index (χ4v) is 3.82. The van der Waals surface area contributed by atoms with Crippen LogP contribution in [0.5, 0.6) is 0 Å². The van der Waals surface area contributed by atoms with Crippen molar-refractivity contribution in [2.75, 3.05) is 10.6 Å². The number of H-pyrrole nitrogens is 1. The molecule has 26 heavy (non-hydrogen) atoms. The Labute approximate surface area is 154 Å². The van der Waals surface area contributed by atoms with Crippen LogP contribution in [0.1, 0.15) is 19.4 Å². The van der Waals surface area contributed by atoms with E-state index in [-0.39, 0.29) is 5.91 Å². The SMILES string of the molecule is Cc1cccc(NC(C)(C)C(=O)Nc2nc3ccc4[nH]ncc4c3s2)c1. The van der Waals surface area contributed by atoms with E-state index in [1.54, 1.807) is 6.20 Å². The molecule has 6 nitrogen and oxygen atoms in total. The van der Waals surface area contributed by atoms with E-state index in [2.05, 4.69) is 25.8 Å². The molecule has 7 heteroatoms. The van der Waals surface area contributed by atoms with E-state index in [0.717, 1.165) is 32.4 Å². The average molecular weight is 365 g/mol. The van der Waals surface area contributed by atoms with Crippen molar-refractivity contribution in [3.8, 4) is 0 Å². The Hall–Kier alpha value is -2.93. The zero-order chi connectivity index (χ0) is 18.3. The molecule has 2 heterocycles. The molecule has 0 radical (unpaired) electrons. The summed E-state index contributed by atoms with van der Waals surface area (Å²) in [6.07, 6.45) is 1.78. The number of fused-ring (bicyclic) bond motifs is 3. The van der Waals surface area contributed by atoms with Crippen molar-refractivity contribution in [2.24, 2.45) is 0 Å². The van der Waals surface area contributed by atoms with Crippen LogP contribution in [0.15, 0.2) is 42.6 Å². The Balaban J connectivity index is 1.57. The van der Waals surface area contributed by atoms with Crippen molar-refractivity contribution in [2.45, 2.75) is 26.3 Å². The number of aromatic amines is 1. The summed E-state index contributed by atoms with van der Waals surface area (Å²) in [5.74, 6) is -0.138. The van der Waals surface area contributed by atoms with Gasteiger partial charge in [0.2, 0.25) is 0 Å².